The summed E-state index contributed by atoms with van der Waals surface area (Å²) in [6, 6.07) is 6.05. The Labute approximate surface area is 123 Å². The molecular formula is C18H27NO. The monoisotopic (exact) mass is 273 g/mol. The maximum atomic E-state index is 12.6. The summed E-state index contributed by atoms with van der Waals surface area (Å²) < 4.78 is 0. The first-order valence-corrected chi connectivity index (χ1v) is 7.75. The molecule has 0 aromatic heterocycles. The van der Waals surface area contributed by atoms with Gasteiger partial charge in [-0.15, -0.1) is 0 Å². The van der Waals surface area contributed by atoms with Gasteiger partial charge in [0.05, 0.1) is 6.04 Å². The molecule has 110 valence electrons. The average molecular weight is 273 g/mol. The molecule has 1 aromatic rings. The third-order valence-electron chi connectivity index (χ3n) is 4.92. The molecule has 1 aliphatic heterocycles. The van der Waals surface area contributed by atoms with Crippen LogP contribution in [0, 0.1) is 25.7 Å². The van der Waals surface area contributed by atoms with Gasteiger partial charge >= 0.3 is 0 Å². The number of ketones is 1. The Morgan fingerprint density at radius 1 is 1.20 bits per heavy atom. The van der Waals surface area contributed by atoms with Crippen molar-refractivity contribution in [2.75, 3.05) is 13.1 Å². The summed E-state index contributed by atoms with van der Waals surface area (Å²) in [6.07, 6.45) is 1.22. The first-order chi connectivity index (χ1) is 9.40. The van der Waals surface area contributed by atoms with Crippen LogP contribution in [0.2, 0.25) is 0 Å². The summed E-state index contributed by atoms with van der Waals surface area (Å²) in [7, 11) is 0. The van der Waals surface area contributed by atoms with Gasteiger partial charge in [0.25, 0.3) is 0 Å². The molecule has 2 heteroatoms. The highest BCUT2D eigenvalue weighted by atomic mass is 16.1. The van der Waals surface area contributed by atoms with Crippen LogP contribution in [0.25, 0.3) is 0 Å². The number of Topliss-reactive ketones (excluding diaryl/α,β-unsaturated/α-hetero) is 1. The summed E-state index contributed by atoms with van der Waals surface area (Å²) in [5.74, 6) is 1.71. The molecule has 0 saturated carbocycles. The number of aryl methyl sites for hydroxylation is 2. The minimum Gasteiger partial charge on any atom is -0.293 e. The van der Waals surface area contributed by atoms with Crippen molar-refractivity contribution in [1.82, 2.24) is 4.90 Å². The van der Waals surface area contributed by atoms with Crippen LogP contribution in [0.1, 0.15) is 48.7 Å². The lowest BCUT2D eigenvalue weighted by atomic mass is 9.95. The fourth-order valence-electron chi connectivity index (χ4n) is 3.01. The van der Waals surface area contributed by atoms with Crippen molar-refractivity contribution in [3.63, 3.8) is 0 Å². The van der Waals surface area contributed by atoms with Crippen LogP contribution in [0.3, 0.4) is 0 Å². The van der Waals surface area contributed by atoms with Crippen LogP contribution in [-0.4, -0.2) is 29.8 Å². The Hall–Kier alpha value is -1.15. The van der Waals surface area contributed by atoms with E-state index >= 15 is 0 Å². The minimum atomic E-state index is 0.000793. The summed E-state index contributed by atoms with van der Waals surface area (Å²) in [5.41, 5.74) is 3.30. The van der Waals surface area contributed by atoms with E-state index in [2.05, 4.69) is 45.6 Å². The standard InChI is InChI=1S/C18H27NO/c1-12(2)17-8-9-19(11-17)15(5)18(20)16-7-6-13(3)14(4)10-16/h6-7,10,12,15,17H,8-9,11H2,1-5H3. The molecule has 1 saturated heterocycles. The van der Waals surface area contributed by atoms with E-state index in [9.17, 15) is 4.79 Å². The first-order valence-electron chi connectivity index (χ1n) is 7.75. The van der Waals surface area contributed by atoms with Crippen molar-refractivity contribution >= 4 is 5.78 Å². The number of carbonyl (C=O) groups excluding carboxylic acids is 1. The predicted octanol–water partition coefficient (Wildman–Crippen LogP) is 3.85. The lowest BCUT2D eigenvalue weighted by Crippen LogP contribution is -2.37. The molecular weight excluding hydrogens is 246 g/mol. The van der Waals surface area contributed by atoms with Crippen LogP contribution in [0.4, 0.5) is 0 Å². The number of benzene rings is 1. The van der Waals surface area contributed by atoms with E-state index in [0.29, 0.717) is 5.92 Å². The molecule has 1 heterocycles. The van der Waals surface area contributed by atoms with Gasteiger partial charge in [-0.3, -0.25) is 9.69 Å². The molecule has 2 unspecified atom stereocenters. The van der Waals surface area contributed by atoms with Crippen molar-refractivity contribution < 1.29 is 4.79 Å². The Bertz CT molecular complexity index is 492. The quantitative estimate of drug-likeness (QED) is 0.777. The summed E-state index contributed by atoms with van der Waals surface area (Å²) >= 11 is 0. The highest BCUT2D eigenvalue weighted by Crippen LogP contribution is 2.26. The lowest BCUT2D eigenvalue weighted by molar-refractivity contribution is 0.0860. The molecule has 1 aliphatic rings. The number of hydrogen-bond donors (Lipinski definition) is 0. The van der Waals surface area contributed by atoms with Gasteiger partial charge in [0.1, 0.15) is 0 Å². The third kappa shape index (κ3) is 3.12. The average Bonchev–Trinajstić information content (AvgIpc) is 2.90. The fourth-order valence-corrected chi connectivity index (χ4v) is 3.01. The molecule has 2 nitrogen and oxygen atoms in total. The number of nitrogens with zero attached hydrogens (tertiary/aromatic N) is 1. The van der Waals surface area contributed by atoms with Gasteiger partial charge in [0, 0.05) is 12.1 Å². The molecule has 2 rings (SSSR count). The van der Waals surface area contributed by atoms with E-state index in [-0.39, 0.29) is 11.8 Å². The topological polar surface area (TPSA) is 20.3 Å². The molecule has 0 spiro atoms. The lowest BCUT2D eigenvalue weighted by Gasteiger charge is -2.24. The van der Waals surface area contributed by atoms with Gasteiger partial charge in [0.15, 0.2) is 5.78 Å². The zero-order valence-electron chi connectivity index (χ0n) is 13.4. The van der Waals surface area contributed by atoms with Crippen molar-refractivity contribution in [2.24, 2.45) is 11.8 Å². The second kappa shape index (κ2) is 6.09. The Morgan fingerprint density at radius 2 is 1.90 bits per heavy atom. The normalized spacial score (nSPS) is 21.4. The second-order valence-electron chi connectivity index (χ2n) is 6.63. The van der Waals surface area contributed by atoms with E-state index in [0.717, 1.165) is 24.6 Å². The fraction of sp³-hybridized carbons (Fsp3) is 0.611. The van der Waals surface area contributed by atoms with Gasteiger partial charge in [-0.1, -0.05) is 26.0 Å². The zero-order valence-corrected chi connectivity index (χ0v) is 13.4. The van der Waals surface area contributed by atoms with E-state index < -0.39 is 0 Å². The molecule has 0 amide bonds. The van der Waals surface area contributed by atoms with Crippen molar-refractivity contribution in [1.29, 1.82) is 0 Å². The van der Waals surface area contributed by atoms with Crippen LogP contribution in [0.15, 0.2) is 18.2 Å². The summed E-state index contributed by atoms with van der Waals surface area (Å²) in [4.78, 5) is 15.0. The summed E-state index contributed by atoms with van der Waals surface area (Å²) in [5, 5.41) is 0. The summed E-state index contributed by atoms with van der Waals surface area (Å²) in [6.45, 7) is 12.9. The maximum Gasteiger partial charge on any atom is 0.179 e. The SMILES string of the molecule is Cc1ccc(C(=O)C(C)N2CCC(C(C)C)C2)cc1C. The molecule has 0 bridgehead atoms. The van der Waals surface area contributed by atoms with E-state index in [1.165, 1.54) is 17.5 Å². The molecule has 0 N–H and O–H groups in total. The van der Waals surface area contributed by atoms with Gasteiger partial charge < -0.3 is 0 Å². The van der Waals surface area contributed by atoms with Gasteiger partial charge in [-0.05, 0) is 62.8 Å². The number of carbonyl (C=O) groups is 1. The molecule has 20 heavy (non-hydrogen) atoms. The molecule has 0 radical (unpaired) electrons. The number of hydrogen-bond acceptors (Lipinski definition) is 2. The smallest absolute Gasteiger partial charge is 0.179 e. The minimum absolute atomic E-state index is 0.000793. The Kier molecular flexibility index (Phi) is 4.64. The van der Waals surface area contributed by atoms with E-state index in [1.54, 1.807) is 0 Å². The highest BCUT2D eigenvalue weighted by Gasteiger charge is 2.31. The third-order valence-corrected chi connectivity index (χ3v) is 4.92. The molecule has 2 atom stereocenters. The predicted molar refractivity (Wildman–Crippen MR) is 84.2 cm³/mol. The Balaban J connectivity index is 2.07. The van der Waals surface area contributed by atoms with Crippen molar-refractivity contribution in [3.05, 3.63) is 34.9 Å². The van der Waals surface area contributed by atoms with Gasteiger partial charge in [-0.25, -0.2) is 0 Å². The zero-order chi connectivity index (χ0) is 14.9. The first kappa shape index (κ1) is 15.2. The van der Waals surface area contributed by atoms with Crippen LogP contribution in [0.5, 0.6) is 0 Å². The van der Waals surface area contributed by atoms with Crippen molar-refractivity contribution in [2.45, 2.75) is 47.1 Å². The second-order valence-corrected chi connectivity index (χ2v) is 6.63. The highest BCUT2D eigenvalue weighted by molar-refractivity contribution is 6.00. The number of likely N-dealkylation sites (tertiary alicyclic amines) is 1. The van der Waals surface area contributed by atoms with Crippen LogP contribution in [-0.2, 0) is 0 Å². The molecule has 1 fully saturated rings. The largest absolute Gasteiger partial charge is 0.293 e. The number of rotatable bonds is 4. The van der Waals surface area contributed by atoms with Crippen molar-refractivity contribution in [3.8, 4) is 0 Å². The van der Waals surface area contributed by atoms with Gasteiger partial charge in [-0.2, -0.15) is 0 Å². The van der Waals surface area contributed by atoms with E-state index in [4.69, 9.17) is 0 Å². The van der Waals surface area contributed by atoms with Gasteiger partial charge in [0.2, 0.25) is 0 Å². The molecule has 0 aliphatic carbocycles. The van der Waals surface area contributed by atoms with Crippen LogP contribution < -0.4 is 0 Å². The van der Waals surface area contributed by atoms with Crippen LogP contribution >= 0.6 is 0 Å². The molecule has 1 aromatic carbocycles. The van der Waals surface area contributed by atoms with E-state index in [1.807, 2.05) is 12.1 Å². The maximum absolute atomic E-state index is 12.6. The Morgan fingerprint density at radius 3 is 2.45 bits per heavy atom.